The van der Waals surface area contributed by atoms with E-state index in [1.54, 1.807) is 24.3 Å². The van der Waals surface area contributed by atoms with Gasteiger partial charge in [0.25, 0.3) is 5.91 Å². The fourth-order valence-corrected chi connectivity index (χ4v) is 3.64. The van der Waals surface area contributed by atoms with E-state index in [0.29, 0.717) is 23.1 Å². The SMILES string of the molecule is CCOc1ccccc1C(=O)NCC(=O)Nc1nc(-c2ccc(C)cc2C)cs1. The van der Waals surface area contributed by atoms with Crippen LogP contribution in [0.4, 0.5) is 5.13 Å². The first-order valence-electron chi connectivity index (χ1n) is 9.31. The maximum atomic E-state index is 12.4. The van der Waals surface area contributed by atoms with Gasteiger partial charge in [0, 0.05) is 10.9 Å². The molecule has 0 spiro atoms. The third kappa shape index (κ3) is 5.20. The molecule has 0 aliphatic rings. The normalized spacial score (nSPS) is 10.4. The molecular weight excluding hydrogens is 386 g/mol. The van der Waals surface area contributed by atoms with E-state index >= 15 is 0 Å². The van der Waals surface area contributed by atoms with Crippen LogP contribution in [-0.2, 0) is 4.79 Å². The number of carbonyl (C=O) groups is 2. The molecule has 150 valence electrons. The molecule has 0 aliphatic heterocycles. The Balaban J connectivity index is 1.59. The van der Waals surface area contributed by atoms with Crippen molar-refractivity contribution in [3.05, 3.63) is 64.5 Å². The van der Waals surface area contributed by atoms with Gasteiger partial charge in [0.2, 0.25) is 5.91 Å². The van der Waals surface area contributed by atoms with E-state index in [2.05, 4.69) is 21.7 Å². The van der Waals surface area contributed by atoms with Crippen LogP contribution < -0.4 is 15.4 Å². The van der Waals surface area contributed by atoms with Crippen molar-refractivity contribution < 1.29 is 14.3 Å². The number of nitrogens with one attached hydrogen (secondary N) is 2. The molecule has 1 heterocycles. The molecule has 29 heavy (non-hydrogen) atoms. The zero-order valence-electron chi connectivity index (χ0n) is 16.6. The molecule has 0 saturated heterocycles. The molecular formula is C22H23N3O3S. The van der Waals surface area contributed by atoms with Crippen LogP contribution >= 0.6 is 11.3 Å². The summed E-state index contributed by atoms with van der Waals surface area (Å²) in [6.45, 7) is 6.23. The fourth-order valence-electron chi connectivity index (χ4n) is 2.91. The number of nitrogens with zero attached hydrogens (tertiary/aromatic N) is 1. The van der Waals surface area contributed by atoms with Crippen LogP contribution in [0.3, 0.4) is 0 Å². The van der Waals surface area contributed by atoms with Crippen molar-refractivity contribution in [2.75, 3.05) is 18.5 Å². The maximum absolute atomic E-state index is 12.4. The Morgan fingerprint density at radius 3 is 2.69 bits per heavy atom. The van der Waals surface area contributed by atoms with Crippen LogP contribution in [-0.4, -0.2) is 29.9 Å². The summed E-state index contributed by atoms with van der Waals surface area (Å²) < 4.78 is 5.45. The number of ether oxygens (including phenoxy) is 1. The number of rotatable bonds is 7. The molecule has 7 heteroatoms. The molecule has 3 aromatic rings. The molecule has 6 nitrogen and oxygen atoms in total. The highest BCUT2D eigenvalue weighted by Gasteiger charge is 2.14. The molecule has 0 aliphatic carbocycles. The lowest BCUT2D eigenvalue weighted by molar-refractivity contribution is -0.115. The van der Waals surface area contributed by atoms with Gasteiger partial charge in [0.15, 0.2) is 5.13 Å². The molecule has 0 radical (unpaired) electrons. The Morgan fingerprint density at radius 1 is 1.14 bits per heavy atom. The predicted molar refractivity (Wildman–Crippen MR) is 116 cm³/mol. The second-order valence-electron chi connectivity index (χ2n) is 6.52. The molecule has 2 amide bonds. The Labute approximate surface area is 173 Å². The van der Waals surface area contributed by atoms with Crippen molar-refractivity contribution in [2.24, 2.45) is 0 Å². The van der Waals surface area contributed by atoms with E-state index in [9.17, 15) is 9.59 Å². The minimum absolute atomic E-state index is 0.155. The number of aryl methyl sites for hydroxylation is 2. The predicted octanol–water partition coefficient (Wildman–Crippen LogP) is 4.19. The molecule has 3 rings (SSSR count). The first-order chi connectivity index (χ1) is 14.0. The third-order valence-electron chi connectivity index (χ3n) is 4.25. The number of thiazole rings is 1. The summed E-state index contributed by atoms with van der Waals surface area (Å²) in [7, 11) is 0. The van der Waals surface area contributed by atoms with Gasteiger partial charge < -0.3 is 15.4 Å². The van der Waals surface area contributed by atoms with Crippen LogP contribution in [0.2, 0.25) is 0 Å². The number of benzene rings is 2. The summed E-state index contributed by atoms with van der Waals surface area (Å²) in [5.74, 6) is -0.209. The van der Waals surface area contributed by atoms with Crippen molar-refractivity contribution in [1.82, 2.24) is 10.3 Å². The maximum Gasteiger partial charge on any atom is 0.255 e. The number of para-hydroxylation sites is 1. The van der Waals surface area contributed by atoms with Gasteiger partial charge >= 0.3 is 0 Å². The Hall–Kier alpha value is -3.19. The summed E-state index contributed by atoms with van der Waals surface area (Å²) in [5, 5.41) is 7.75. The van der Waals surface area contributed by atoms with Crippen LogP contribution in [0.5, 0.6) is 5.75 Å². The Morgan fingerprint density at radius 2 is 1.93 bits per heavy atom. The highest BCUT2D eigenvalue weighted by Crippen LogP contribution is 2.28. The lowest BCUT2D eigenvalue weighted by Gasteiger charge is -2.10. The summed E-state index contributed by atoms with van der Waals surface area (Å²) in [6, 6.07) is 13.1. The number of carbonyl (C=O) groups excluding carboxylic acids is 2. The standard InChI is InChI=1S/C22H23N3O3S/c1-4-28-19-8-6-5-7-17(19)21(27)23-12-20(26)25-22-24-18(13-29-22)16-10-9-14(2)11-15(16)3/h5-11,13H,4,12H2,1-3H3,(H,23,27)(H,24,25,26). The van der Waals surface area contributed by atoms with Gasteiger partial charge in [0.05, 0.1) is 24.4 Å². The number of amides is 2. The second-order valence-corrected chi connectivity index (χ2v) is 7.37. The quantitative estimate of drug-likeness (QED) is 0.613. The van der Waals surface area contributed by atoms with Gasteiger partial charge in [0.1, 0.15) is 5.75 Å². The smallest absolute Gasteiger partial charge is 0.255 e. The van der Waals surface area contributed by atoms with Crippen LogP contribution in [0.15, 0.2) is 47.8 Å². The third-order valence-corrected chi connectivity index (χ3v) is 5.01. The van der Waals surface area contributed by atoms with Gasteiger partial charge in [-0.15, -0.1) is 11.3 Å². The largest absolute Gasteiger partial charge is 0.493 e. The van der Waals surface area contributed by atoms with Gasteiger partial charge in [-0.1, -0.05) is 35.9 Å². The number of hydrogen-bond donors (Lipinski definition) is 2. The first-order valence-corrected chi connectivity index (χ1v) is 10.2. The minimum Gasteiger partial charge on any atom is -0.493 e. The van der Waals surface area contributed by atoms with Gasteiger partial charge in [-0.05, 0) is 38.5 Å². The first kappa shape index (κ1) is 20.5. The molecule has 0 fully saturated rings. The van der Waals surface area contributed by atoms with E-state index < -0.39 is 0 Å². The molecule has 0 unspecified atom stereocenters. The summed E-state index contributed by atoms with van der Waals surface area (Å²) >= 11 is 1.35. The highest BCUT2D eigenvalue weighted by molar-refractivity contribution is 7.14. The van der Waals surface area contributed by atoms with Crippen LogP contribution in [0.25, 0.3) is 11.3 Å². The molecule has 0 bridgehead atoms. The van der Waals surface area contributed by atoms with Crippen molar-refractivity contribution in [3.63, 3.8) is 0 Å². The van der Waals surface area contributed by atoms with Gasteiger partial charge in [-0.25, -0.2) is 4.98 Å². The molecule has 1 aromatic heterocycles. The van der Waals surface area contributed by atoms with Crippen LogP contribution in [0, 0.1) is 13.8 Å². The molecule has 2 aromatic carbocycles. The van der Waals surface area contributed by atoms with E-state index in [-0.39, 0.29) is 18.4 Å². The minimum atomic E-state index is -0.362. The molecule has 2 N–H and O–H groups in total. The lowest BCUT2D eigenvalue weighted by Crippen LogP contribution is -2.33. The summed E-state index contributed by atoms with van der Waals surface area (Å²) in [6.07, 6.45) is 0. The topological polar surface area (TPSA) is 80.3 Å². The molecule has 0 atom stereocenters. The zero-order chi connectivity index (χ0) is 20.8. The zero-order valence-corrected chi connectivity index (χ0v) is 17.4. The molecule has 0 saturated carbocycles. The highest BCUT2D eigenvalue weighted by atomic mass is 32.1. The summed E-state index contributed by atoms with van der Waals surface area (Å²) in [4.78, 5) is 29.1. The van der Waals surface area contributed by atoms with Crippen molar-refractivity contribution in [1.29, 1.82) is 0 Å². The lowest BCUT2D eigenvalue weighted by atomic mass is 10.0. The number of hydrogen-bond acceptors (Lipinski definition) is 5. The number of aromatic nitrogens is 1. The Kier molecular flexibility index (Phi) is 6.61. The monoisotopic (exact) mass is 409 g/mol. The summed E-state index contributed by atoms with van der Waals surface area (Å²) in [5.41, 5.74) is 4.57. The average molecular weight is 410 g/mol. The number of anilines is 1. The van der Waals surface area contributed by atoms with Crippen molar-refractivity contribution >= 4 is 28.3 Å². The van der Waals surface area contributed by atoms with E-state index in [1.807, 2.05) is 38.3 Å². The fraction of sp³-hybridized carbons (Fsp3) is 0.227. The van der Waals surface area contributed by atoms with Gasteiger partial charge in [-0.3, -0.25) is 9.59 Å². The van der Waals surface area contributed by atoms with Crippen molar-refractivity contribution in [3.8, 4) is 17.0 Å². The van der Waals surface area contributed by atoms with E-state index in [1.165, 1.54) is 16.9 Å². The van der Waals surface area contributed by atoms with Gasteiger partial charge in [-0.2, -0.15) is 0 Å². The van der Waals surface area contributed by atoms with E-state index in [0.717, 1.165) is 16.8 Å². The van der Waals surface area contributed by atoms with E-state index in [4.69, 9.17) is 4.74 Å². The van der Waals surface area contributed by atoms with Crippen LogP contribution in [0.1, 0.15) is 28.4 Å². The second kappa shape index (κ2) is 9.34. The van der Waals surface area contributed by atoms with Crippen molar-refractivity contribution in [2.45, 2.75) is 20.8 Å². The Bertz CT molecular complexity index is 1030. The average Bonchev–Trinajstić information content (AvgIpc) is 3.15.